The molecule has 0 aliphatic rings. The van der Waals surface area contributed by atoms with Gasteiger partial charge in [0, 0.05) is 17.9 Å². The van der Waals surface area contributed by atoms with Crippen LogP contribution in [0.4, 0.5) is 0 Å². The van der Waals surface area contributed by atoms with Crippen molar-refractivity contribution in [3.8, 4) is 0 Å². The van der Waals surface area contributed by atoms with E-state index >= 15 is 0 Å². The Morgan fingerprint density at radius 3 is 2.82 bits per heavy atom. The molecule has 0 unspecified atom stereocenters. The number of carbonyl (C=O) groups excluding carboxylic acids is 1. The van der Waals surface area contributed by atoms with E-state index < -0.39 is 0 Å². The van der Waals surface area contributed by atoms with Crippen LogP contribution in [0.3, 0.4) is 0 Å². The zero-order valence-corrected chi connectivity index (χ0v) is 11.5. The first kappa shape index (κ1) is 14.1. The van der Waals surface area contributed by atoms with Crippen LogP contribution in [-0.2, 0) is 22.5 Å². The Morgan fingerprint density at radius 1 is 1.47 bits per heavy atom. The van der Waals surface area contributed by atoms with E-state index in [2.05, 4.69) is 17.2 Å². The lowest BCUT2D eigenvalue weighted by molar-refractivity contribution is -0.122. The molecule has 0 aliphatic carbocycles. The molecule has 1 heterocycles. The van der Waals surface area contributed by atoms with Gasteiger partial charge in [-0.1, -0.05) is 6.92 Å². The van der Waals surface area contributed by atoms with Crippen LogP contribution in [0.5, 0.6) is 0 Å². The summed E-state index contributed by atoms with van der Waals surface area (Å²) in [6.45, 7) is 7.71. The zero-order chi connectivity index (χ0) is 12.7. The highest BCUT2D eigenvalue weighted by Crippen LogP contribution is 2.17. The van der Waals surface area contributed by atoms with Crippen molar-refractivity contribution < 1.29 is 9.53 Å². The first-order valence-electron chi connectivity index (χ1n) is 5.97. The Kier molecular flexibility index (Phi) is 6.15. The van der Waals surface area contributed by atoms with Crippen LogP contribution < -0.4 is 5.32 Å². The van der Waals surface area contributed by atoms with Gasteiger partial charge >= 0.3 is 0 Å². The molecule has 96 valence electrons. The van der Waals surface area contributed by atoms with E-state index in [0.29, 0.717) is 26.2 Å². The topological polar surface area (TPSA) is 51.2 Å². The van der Waals surface area contributed by atoms with Crippen LogP contribution >= 0.6 is 11.3 Å². The van der Waals surface area contributed by atoms with Gasteiger partial charge in [0.2, 0.25) is 5.91 Å². The standard InChI is InChI=1S/C12H20N2O2S/c1-4-12-14-9(3)10(17-12)8-13-11(15)6-7-16-5-2/h4-8H2,1-3H3,(H,13,15). The minimum Gasteiger partial charge on any atom is -0.381 e. The highest BCUT2D eigenvalue weighted by Gasteiger charge is 2.07. The van der Waals surface area contributed by atoms with Gasteiger partial charge in [0.1, 0.15) is 0 Å². The summed E-state index contributed by atoms with van der Waals surface area (Å²) in [6, 6.07) is 0. The third-order valence-corrected chi connectivity index (χ3v) is 3.66. The Morgan fingerprint density at radius 2 is 2.24 bits per heavy atom. The van der Waals surface area contributed by atoms with Crippen molar-refractivity contribution in [1.82, 2.24) is 10.3 Å². The van der Waals surface area contributed by atoms with Crippen LogP contribution in [0.15, 0.2) is 0 Å². The van der Waals surface area contributed by atoms with Crippen molar-refractivity contribution in [2.75, 3.05) is 13.2 Å². The first-order valence-corrected chi connectivity index (χ1v) is 6.78. The number of nitrogens with zero attached hydrogens (tertiary/aromatic N) is 1. The van der Waals surface area contributed by atoms with E-state index in [-0.39, 0.29) is 5.91 Å². The van der Waals surface area contributed by atoms with Gasteiger partial charge in [-0.15, -0.1) is 11.3 Å². The molecule has 0 saturated carbocycles. The van der Waals surface area contributed by atoms with Gasteiger partial charge in [-0.05, 0) is 20.3 Å². The number of aromatic nitrogens is 1. The molecule has 0 spiro atoms. The smallest absolute Gasteiger partial charge is 0.222 e. The number of amides is 1. The number of carbonyl (C=O) groups is 1. The molecule has 0 saturated heterocycles. The highest BCUT2D eigenvalue weighted by atomic mass is 32.1. The minimum absolute atomic E-state index is 0.0318. The molecule has 0 atom stereocenters. The fourth-order valence-corrected chi connectivity index (χ4v) is 2.33. The average Bonchev–Trinajstić information content (AvgIpc) is 2.68. The third kappa shape index (κ3) is 4.83. The molecule has 0 aromatic carbocycles. The van der Waals surface area contributed by atoms with Gasteiger partial charge in [-0.2, -0.15) is 0 Å². The Bertz CT molecular complexity index is 363. The van der Waals surface area contributed by atoms with Crippen molar-refractivity contribution in [2.45, 2.75) is 40.2 Å². The van der Waals surface area contributed by atoms with Crippen molar-refractivity contribution >= 4 is 17.2 Å². The maximum Gasteiger partial charge on any atom is 0.222 e. The van der Waals surface area contributed by atoms with Crippen LogP contribution in [-0.4, -0.2) is 24.1 Å². The van der Waals surface area contributed by atoms with E-state index in [4.69, 9.17) is 4.74 Å². The molecule has 1 rings (SSSR count). The Labute approximate surface area is 106 Å². The summed E-state index contributed by atoms with van der Waals surface area (Å²) < 4.78 is 5.13. The molecule has 1 N–H and O–H groups in total. The number of hydrogen-bond donors (Lipinski definition) is 1. The number of thiazole rings is 1. The number of hydrogen-bond acceptors (Lipinski definition) is 4. The lowest BCUT2D eigenvalue weighted by atomic mass is 10.3. The zero-order valence-electron chi connectivity index (χ0n) is 10.7. The highest BCUT2D eigenvalue weighted by molar-refractivity contribution is 7.11. The van der Waals surface area contributed by atoms with Crippen molar-refractivity contribution in [3.05, 3.63) is 15.6 Å². The summed E-state index contributed by atoms with van der Waals surface area (Å²) in [5, 5.41) is 4.01. The normalized spacial score (nSPS) is 10.5. The van der Waals surface area contributed by atoms with Crippen LogP contribution in [0.1, 0.15) is 35.8 Å². The third-order valence-electron chi connectivity index (χ3n) is 2.36. The largest absolute Gasteiger partial charge is 0.381 e. The maximum absolute atomic E-state index is 11.5. The summed E-state index contributed by atoms with van der Waals surface area (Å²) in [7, 11) is 0. The summed E-state index contributed by atoms with van der Waals surface area (Å²) >= 11 is 1.67. The second-order valence-corrected chi connectivity index (χ2v) is 4.86. The molecule has 0 radical (unpaired) electrons. The lowest BCUT2D eigenvalue weighted by Crippen LogP contribution is -2.23. The van der Waals surface area contributed by atoms with E-state index in [0.717, 1.165) is 22.0 Å². The molecule has 1 amide bonds. The van der Waals surface area contributed by atoms with E-state index in [9.17, 15) is 4.79 Å². The summed E-state index contributed by atoms with van der Waals surface area (Å²) in [5.41, 5.74) is 1.02. The Balaban J connectivity index is 2.34. The number of nitrogens with one attached hydrogen (secondary N) is 1. The summed E-state index contributed by atoms with van der Waals surface area (Å²) in [4.78, 5) is 17.0. The predicted octanol–water partition coefficient (Wildman–Crippen LogP) is 2.06. The van der Waals surface area contributed by atoms with Crippen molar-refractivity contribution in [3.63, 3.8) is 0 Å². The van der Waals surface area contributed by atoms with Crippen LogP contribution in [0.25, 0.3) is 0 Å². The molecule has 4 nitrogen and oxygen atoms in total. The van der Waals surface area contributed by atoms with Crippen LogP contribution in [0.2, 0.25) is 0 Å². The fraction of sp³-hybridized carbons (Fsp3) is 0.667. The molecule has 1 aromatic rings. The predicted molar refractivity (Wildman–Crippen MR) is 69.2 cm³/mol. The van der Waals surface area contributed by atoms with Gasteiger partial charge in [-0.25, -0.2) is 4.98 Å². The van der Waals surface area contributed by atoms with Gasteiger partial charge in [-0.3, -0.25) is 4.79 Å². The summed E-state index contributed by atoms with van der Waals surface area (Å²) in [6.07, 6.45) is 1.37. The maximum atomic E-state index is 11.5. The molecule has 1 aromatic heterocycles. The van der Waals surface area contributed by atoms with Gasteiger partial charge < -0.3 is 10.1 Å². The second-order valence-electron chi connectivity index (χ2n) is 3.69. The Hall–Kier alpha value is -0.940. The van der Waals surface area contributed by atoms with E-state index in [1.807, 2.05) is 13.8 Å². The molecule has 0 fully saturated rings. The lowest BCUT2D eigenvalue weighted by Gasteiger charge is -2.04. The SMILES string of the molecule is CCOCCC(=O)NCc1sc(CC)nc1C. The fourth-order valence-electron chi connectivity index (χ4n) is 1.38. The molecular weight excluding hydrogens is 236 g/mol. The second kappa shape index (κ2) is 7.40. The van der Waals surface area contributed by atoms with Gasteiger partial charge in [0.25, 0.3) is 0 Å². The van der Waals surface area contributed by atoms with Crippen molar-refractivity contribution in [2.24, 2.45) is 0 Å². The molecule has 0 aliphatic heterocycles. The quantitative estimate of drug-likeness (QED) is 0.760. The molecular formula is C12H20N2O2S. The van der Waals surface area contributed by atoms with Gasteiger partial charge in [0.15, 0.2) is 0 Å². The monoisotopic (exact) mass is 256 g/mol. The van der Waals surface area contributed by atoms with E-state index in [1.54, 1.807) is 11.3 Å². The first-order chi connectivity index (χ1) is 8.17. The number of rotatable bonds is 7. The molecule has 5 heteroatoms. The van der Waals surface area contributed by atoms with E-state index in [1.165, 1.54) is 0 Å². The van der Waals surface area contributed by atoms with Crippen molar-refractivity contribution in [1.29, 1.82) is 0 Å². The molecule has 0 bridgehead atoms. The minimum atomic E-state index is 0.0318. The number of ether oxygens (including phenoxy) is 1. The van der Waals surface area contributed by atoms with Crippen LogP contribution in [0, 0.1) is 6.92 Å². The number of aryl methyl sites for hydroxylation is 2. The van der Waals surface area contributed by atoms with Gasteiger partial charge in [0.05, 0.1) is 23.9 Å². The molecule has 17 heavy (non-hydrogen) atoms. The average molecular weight is 256 g/mol. The summed E-state index contributed by atoms with van der Waals surface area (Å²) in [5.74, 6) is 0.0318.